The van der Waals surface area contributed by atoms with E-state index in [1.54, 1.807) is 12.3 Å². The molecule has 0 bridgehead atoms. The minimum Gasteiger partial charge on any atom is -0.494 e. The number of rotatable bonds is 4. The van der Waals surface area contributed by atoms with Gasteiger partial charge in [0, 0.05) is 12.3 Å². The van der Waals surface area contributed by atoms with Crippen LogP contribution in [-0.2, 0) is 6.42 Å². The van der Waals surface area contributed by atoms with E-state index in [0.29, 0.717) is 12.4 Å². The summed E-state index contributed by atoms with van der Waals surface area (Å²) in [6.45, 7) is 2.56. The number of carbonyl (C=O) groups is 1. The SMILES string of the molecule is CCOc1ccc(CC(=O)n2ccc(N)n2)cc1. The first-order valence-corrected chi connectivity index (χ1v) is 5.75. The third kappa shape index (κ3) is 2.88. The average Bonchev–Trinajstić information content (AvgIpc) is 2.79. The van der Waals surface area contributed by atoms with Crippen LogP contribution in [-0.4, -0.2) is 22.3 Å². The molecule has 1 heterocycles. The molecule has 0 amide bonds. The lowest BCUT2D eigenvalue weighted by Crippen LogP contribution is -2.14. The molecule has 2 rings (SSSR count). The highest BCUT2D eigenvalue weighted by Gasteiger charge is 2.07. The van der Waals surface area contributed by atoms with Gasteiger partial charge >= 0.3 is 0 Å². The van der Waals surface area contributed by atoms with Gasteiger partial charge in [-0.2, -0.15) is 0 Å². The van der Waals surface area contributed by atoms with Gasteiger partial charge in [-0.25, -0.2) is 4.68 Å². The second-order valence-corrected chi connectivity index (χ2v) is 3.83. The second kappa shape index (κ2) is 5.35. The summed E-state index contributed by atoms with van der Waals surface area (Å²) in [6, 6.07) is 9.04. The quantitative estimate of drug-likeness (QED) is 0.890. The lowest BCUT2D eigenvalue weighted by molar-refractivity contribution is 0.0898. The molecule has 18 heavy (non-hydrogen) atoms. The van der Waals surface area contributed by atoms with Crippen molar-refractivity contribution in [3.8, 4) is 5.75 Å². The first kappa shape index (κ1) is 12.2. The van der Waals surface area contributed by atoms with E-state index in [1.807, 2.05) is 31.2 Å². The molecule has 0 atom stereocenters. The Morgan fingerprint density at radius 2 is 2.06 bits per heavy atom. The molecule has 0 aliphatic carbocycles. The van der Waals surface area contributed by atoms with Crippen LogP contribution in [0.1, 0.15) is 17.3 Å². The predicted octanol–water partition coefficient (Wildman–Crippen LogP) is 1.75. The van der Waals surface area contributed by atoms with Crippen molar-refractivity contribution in [2.24, 2.45) is 0 Å². The number of nitrogens with zero attached hydrogens (tertiary/aromatic N) is 2. The number of anilines is 1. The number of nitrogen functional groups attached to an aromatic ring is 1. The van der Waals surface area contributed by atoms with E-state index in [9.17, 15) is 4.79 Å². The second-order valence-electron chi connectivity index (χ2n) is 3.83. The molecule has 2 N–H and O–H groups in total. The standard InChI is InChI=1S/C13H15N3O2/c1-2-18-11-5-3-10(4-6-11)9-13(17)16-8-7-12(14)15-16/h3-8H,2,9H2,1H3,(H2,14,15). The van der Waals surface area contributed by atoms with E-state index >= 15 is 0 Å². The number of hydrogen-bond donors (Lipinski definition) is 1. The summed E-state index contributed by atoms with van der Waals surface area (Å²) in [7, 11) is 0. The molecule has 1 aromatic carbocycles. The fourth-order valence-corrected chi connectivity index (χ4v) is 1.60. The normalized spacial score (nSPS) is 10.3. The minimum atomic E-state index is -0.115. The molecule has 5 nitrogen and oxygen atoms in total. The smallest absolute Gasteiger partial charge is 0.251 e. The average molecular weight is 245 g/mol. The summed E-state index contributed by atoms with van der Waals surface area (Å²) in [4.78, 5) is 11.9. The van der Waals surface area contributed by atoms with Gasteiger partial charge in [0.05, 0.1) is 13.0 Å². The molecular weight excluding hydrogens is 230 g/mol. The monoisotopic (exact) mass is 245 g/mol. The summed E-state index contributed by atoms with van der Waals surface area (Å²) >= 11 is 0. The zero-order valence-electron chi connectivity index (χ0n) is 10.2. The highest BCUT2D eigenvalue weighted by Crippen LogP contribution is 2.13. The summed E-state index contributed by atoms with van der Waals surface area (Å²) in [5, 5.41) is 3.87. The Bertz CT molecular complexity index is 531. The maximum absolute atomic E-state index is 11.9. The lowest BCUT2D eigenvalue weighted by Gasteiger charge is -2.04. The Morgan fingerprint density at radius 1 is 1.33 bits per heavy atom. The van der Waals surface area contributed by atoms with Gasteiger partial charge in [0.2, 0.25) is 0 Å². The van der Waals surface area contributed by atoms with Gasteiger partial charge in [0.15, 0.2) is 0 Å². The number of carbonyl (C=O) groups excluding carboxylic acids is 1. The Balaban J connectivity index is 2.03. The third-order valence-electron chi connectivity index (χ3n) is 2.45. The number of ether oxygens (including phenoxy) is 1. The van der Waals surface area contributed by atoms with Gasteiger partial charge in [-0.15, -0.1) is 5.10 Å². The first-order chi connectivity index (χ1) is 8.69. The van der Waals surface area contributed by atoms with Gasteiger partial charge in [0.1, 0.15) is 11.6 Å². The van der Waals surface area contributed by atoms with E-state index in [0.717, 1.165) is 11.3 Å². The first-order valence-electron chi connectivity index (χ1n) is 5.75. The summed E-state index contributed by atoms with van der Waals surface area (Å²) in [5.41, 5.74) is 6.38. The van der Waals surface area contributed by atoms with Crippen LogP contribution in [0, 0.1) is 0 Å². The molecule has 94 valence electrons. The molecule has 0 saturated heterocycles. The van der Waals surface area contributed by atoms with Crippen molar-refractivity contribution >= 4 is 11.7 Å². The predicted molar refractivity (Wildman–Crippen MR) is 68.6 cm³/mol. The van der Waals surface area contributed by atoms with Gasteiger partial charge < -0.3 is 10.5 Å². The van der Waals surface area contributed by atoms with Gasteiger partial charge in [-0.3, -0.25) is 4.79 Å². The molecule has 0 spiro atoms. The van der Waals surface area contributed by atoms with Crippen LogP contribution < -0.4 is 10.5 Å². The molecular formula is C13H15N3O2. The molecule has 2 aromatic rings. The Hall–Kier alpha value is -2.30. The fraction of sp³-hybridized carbons (Fsp3) is 0.231. The summed E-state index contributed by atoms with van der Waals surface area (Å²) < 4.78 is 6.59. The third-order valence-corrected chi connectivity index (χ3v) is 2.45. The Kier molecular flexibility index (Phi) is 3.62. The van der Waals surface area contributed by atoms with Crippen LogP contribution >= 0.6 is 0 Å². The van der Waals surface area contributed by atoms with E-state index < -0.39 is 0 Å². The van der Waals surface area contributed by atoms with Gasteiger partial charge in [-0.1, -0.05) is 12.1 Å². The lowest BCUT2D eigenvalue weighted by atomic mass is 10.1. The summed E-state index contributed by atoms with van der Waals surface area (Å²) in [5.74, 6) is 1.03. The highest BCUT2D eigenvalue weighted by molar-refractivity contribution is 5.80. The number of aromatic nitrogens is 2. The van der Waals surface area contributed by atoms with Crippen LogP contribution in [0.5, 0.6) is 5.75 Å². The van der Waals surface area contributed by atoms with E-state index in [-0.39, 0.29) is 12.3 Å². The minimum absolute atomic E-state index is 0.115. The molecule has 0 radical (unpaired) electrons. The molecule has 0 fully saturated rings. The van der Waals surface area contributed by atoms with Crippen molar-refractivity contribution in [3.05, 3.63) is 42.1 Å². The maximum atomic E-state index is 11.9. The van der Waals surface area contributed by atoms with Crippen molar-refractivity contribution in [2.45, 2.75) is 13.3 Å². The molecule has 0 unspecified atom stereocenters. The van der Waals surface area contributed by atoms with Gasteiger partial charge in [-0.05, 0) is 24.6 Å². The van der Waals surface area contributed by atoms with Gasteiger partial charge in [0.25, 0.3) is 5.91 Å². The molecule has 0 aliphatic heterocycles. The zero-order chi connectivity index (χ0) is 13.0. The zero-order valence-corrected chi connectivity index (χ0v) is 10.2. The van der Waals surface area contributed by atoms with Crippen LogP contribution in [0.2, 0.25) is 0 Å². The van der Waals surface area contributed by atoms with E-state index in [4.69, 9.17) is 10.5 Å². The number of benzene rings is 1. The summed E-state index contributed by atoms with van der Waals surface area (Å²) in [6.07, 6.45) is 1.85. The molecule has 5 heteroatoms. The van der Waals surface area contributed by atoms with Crippen molar-refractivity contribution in [3.63, 3.8) is 0 Å². The topological polar surface area (TPSA) is 70.1 Å². The van der Waals surface area contributed by atoms with E-state index in [1.165, 1.54) is 4.68 Å². The highest BCUT2D eigenvalue weighted by atomic mass is 16.5. The largest absolute Gasteiger partial charge is 0.494 e. The Morgan fingerprint density at radius 3 is 2.61 bits per heavy atom. The Labute approximate surface area is 105 Å². The molecule has 0 saturated carbocycles. The molecule has 1 aromatic heterocycles. The molecule has 0 aliphatic rings. The number of nitrogens with two attached hydrogens (primary N) is 1. The maximum Gasteiger partial charge on any atom is 0.251 e. The van der Waals surface area contributed by atoms with Crippen LogP contribution in [0.15, 0.2) is 36.5 Å². The van der Waals surface area contributed by atoms with Crippen LogP contribution in [0.4, 0.5) is 5.82 Å². The van der Waals surface area contributed by atoms with Crippen molar-refractivity contribution in [1.82, 2.24) is 9.78 Å². The van der Waals surface area contributed by atoms with Crippen molar-refractivity contribution in [1.29, 1.82) is 0 Å². The van der Waals surface area contributed by atoms with Crippen LogP contribution in [0.25, 0.3) is 0 Å². The number of hydrogen-bond acceptors (Lipinski definition) is 4. The fourth-order valence-electron chi connectivity index (χ4n) is 1.60. The van der Waals surface area contributed by atoms with Crippen molar-refractivity contribution in [2.75, 3.05) is 12.3 Å². The van der Waals surface area contributed by atoms with Crippen molar-refractivity contribution < 1.29 is 9.53 Å². The van der Waals surface area contributed by atoms with E-state index in [2.05, 4.69) is 5.10 Å². The van der Waals surface area contributed by atoms with Crippen LogP contribution in [0.3, 0.4) is 0 Å².